The van der Waals surface area contributed by atoms with Crippen molar-refractivity contribution in [2.75, 3.05) is 6.54 Å². The molecule has 2 heterocycles. The fraction of sp³-hybridized carbons (Fsp3) is 0.308. The summed E-state index contributed by atoms with van der Waals surface area (Å²) in [6.45, 7) is 0.592. The van der Waals surface area contributed by atoms with Crippen molar-refractivity contribution in [2.24, 2.45) is 5.73 Å². The largest absolute Gasteiger partial charge is 0.361 e. The second kappa shape index (κ2) is 3.89. The van der Waals surface area contributed by atoms with Gasteiger partial charge in [0, 0.05) is 28.7 Å². The normalized spacial score (nSPS) is 19.1. The topological polar surface area (TPSA) is 70.9 Å². The fourth-order valence-electron chi connectivity index (χ4n) is 2.56. The minimum atomic E-state index is 0.00685. The molecule has 17 heavy (non-hydrogen) atoms. The van der Waals surface area contributed by atoms with Crippen LogP contribution >= 0.6 is 0 Å². The van der Waals surface area contributed by atoms with E-state index in [-0.39, 0.29) is 11.9 Å². The van der Waals surface area contributed by atoms with Gasteiger partial charge in [0.2, 0.25) is 0 Å². The molecule has 0 saturated heterocycles. The molecule has 0 spiro atoms. The summed E-state index contributed by atoms with van der Waals surface area (Å²) >= 11 is 0. The summed E-state index contributed by atoms with van der Waals surface area (Å²) in [7, 11) is 0. The molecule has 0 radical (unpaired) electrons. The molecule has 4 heteroatoms. The second-order valence-electron chi connectivity index (χ2n) is 4.49. The Morgan fingerprint density at radius 2 is 2.29 bits per heavy atom. The third-order valence-corrected chi connectivity index (χ3v) is 3.35. The summed E-state index contributed by atoms with van der Waals surface area (Å²) in [4.78, 5) is 15.3. The Labute approximate surface area is 99.2 Å². The molecule has 88 valence electrons. The highest BCUT2D eigenvalue weighted by atomic mass is 16.1. The lowest BCUT2D eigenvalue weighted by Gasteiger charge is -2.14. The lowest BCUT2D eigenvalue weighted by Crippen LogP contribution is -2.36. The number of nitrogens with one attached hydrogen (secondary N) is 2. The van der Waals surface area contributed by atoms with Gasteiger partial charge < -0.3 is 16.0 Å². The van der Waals surface area contributed by atoms with Gasteiger partial charge in [-0.3, -0.25) is 4.79 Å². The molecule has 0 bridgehead atoms. The molecular formula is C13H15N3O. The summed E-state index contributed by atoms with van der Waals surface area (Å²) in [5.74, 6) is 0.00685. The maximum absolute atomic E-state index is 12.1. The van der Waals surface area contributed by atoms with E-state index < -0.39 is 0 Å². The molecule has 4 N–H and O–H groups in total. The van der Waals surface area contributed by atoms with E-state index in [4.69, 9.17) is 5.73 Å². The highest BCUT2D eigenvalue weighted by molar-refractivity contribution is 6.08. The minimum absolute atomic E-state index is 0.00685. The number of carbonyl (C=O) groups excluding carboxylic acids is 1. The van der Waals surface area contributed by atoms with Crippen molar-refractivity contribution >= 4 is 16.8 Å². The third kappa shape index (κ3) is 1.61. The second-order valence-corrected chi connectivity index (χ2v) is 4.49. The zero-order valence-electron chi connectivity index (χ0n) is 9.49. The Balaban J connectivity index is 2.14. The molecule has 1 aromatic carbocycles. The Bertz CT molecular complexity index is 573. The molecule has 2 aromatic rings. The molecule has 0 aliphatic carbocycles. The van der Waals surface area contributed by atoms with E-state index in [0.29, 0.717) is 6.54 Å². The van der Waals surface area contributed by atoms with Crippen LogP contribution in [0.2, 0.25) is 0 Å². The summed E-state index contributed by atoms with van der Waals surface area (Å²) in [6.07, 6.45) is 3.66. The van der Waals surface area contributed by atoms with Gasteiger partial charge in [0.25, 0.3) is 5.91 Å². The van der Waals surface area contributed by atoms with Crippen LogP contribution in [0.25, 0.3) is 10.9 Å². The summed E-state index contributed by atoms with van der Waals surface area (Å²) in [6, 6.07) is 5.92. The zero-order valence-corrected chi connectivity index (χ0v) is 9.49. The Morgan fingerprint density at radius 1 is 1.41 bits per heavy atom. The van der Waals surface area contributed by atoms with E-state index in [0.717, 1.165) is 29.3 Å². The molecule has 1 aliphatic heterocycles. The lowest BCUT2D eigenvalue weighted by molar-refractivity contribution is 0.0939. The van der Waals surface area contributed by atoms with Crippen LogP contribution in [0.4, 0.5) is 0 Å². The van der Waals surface area contributed by atoms with Crippen LogP contribution in [-0.2, 0) is 6.42 Å². The molecule has 1 aromatic heterocycles. The molecular weight excluding hydrogens is 214 g/mol. The lowest BCUT2D eigenvalue weighted by atomic mass is 10.0. The highest BCUT2D eigenvalue weighted by Crippen LogP contribution is 2.26. The van der Waals surface area contributed by atoms with Crippen molar-refractivity contribution < 1.29 is 4.79 Å². The summed E-state index contributed by atoms with van der Waals surface area (Å²) in [5.41, 5.74) is 8.57. The number of hydrogen-bond acceptors (Lipinski definition) is 2. The van der Waals surface area contributed by atoms with Crippen LogP contribution in [0.1, 0.15) is 22.3 Å². The van der Waals surface area contributed by atoms with Gasteiger partial charge in [0.15, 0.2) is 0 Å². The number of benzene rings is 1. The predicted octanol–water partition coefficient (Wildman–Crippen LogP) is 1.17. The first-order valence-corrected chi connectivity index (χ1v) is 5.89. The number of aromatic amines is 1. The molecule has 1 atom stereocenters. The van der Waals surface area contributed by atoms with E-state index in [1.165, 1.54) is 5.56 Å². The minimum Gasteiger partial charge on any atom is -0.361 e. The number of H-pyrrole nitrogens is 1. The van der Waals surface area contributed by atoms with Crippen molar-refractivity contribution in [2.45, 2.75) is 18.9 Å². The maximum atomic E-state index is 12.1. The van der Waals surface area contributed by atoms with Crippen LogP contribution in [0.3, 0.4) is 0 Å². The quantitative estimate of drug-likeness (QED) is 0.723. The SMILES string of the molecule is NCCC1Cc2c[nH]c3cccc(c23)C(=O)N1. The first-order chi connectivity index (χ1) is 8.29. The number of rotatable bonds is 2. The van der Waals surface area contributed by atoms with Gasteiger partial charge in [-0.25, -0.2) is 0 Å². The standard InChI is InChI=1S/C13H15N3O/c14-5-4-9-6-8-7-15-11-3-1-2-10(12(8)11)13(17)16-9/h1-3,7,9,15H,4-6,14H2,(H,16,17). The first-order valence-electron chi connectivity index (χ1n) is 5.89. The van der Waals surface area contributed by atoms with Gasteiger partial charge in [-0.1, -0.05) is 6.07 Å². The van der Waals surface area contributed by atoms with E-state index in [1.807, 2.05) is 24.4 Å². The zero-order chi connectivity index (χ0) is 11.8. The monoisotopic (exact) mass is 229 g/mol. The molecule has 1 aliphatic rings. The van der Waals surface area contributed by atoms with Crippen LogP contribution < -0.4 is 11.1 Å². The summed E-state index contributed by atoms with van der Waals surface area (Å²) < 4.78 is 0. The van der Waals surface area contributed by atoms with Crippen LogP contribution in [0, 0.1) is 0 Å². The molecule has 0 fully saturated rings. The number of amides is 1. The Kier molecular flexibility index (Phi) is 2.37. The average Bonchev–Trinajstić information content (AvgIpc) is 2.66. The van der Waals surface area contributed by atoms with Crippen LogP contribution in [0.15, 0.2) is 24.4 Å². The van der Waals surface area contributed by atoms with Gasteiger partial charge in [0.05, 0.1) is 0 Å². The van der Waals surface area contributed by atoms with Crippen LogP contribution in [0.5, 0.6) is 0 Å². The predicted molar refractivity (Wildman–Crippen MR) is 66.9 cm³/mol. The van der Waals surface area contributed by atoms with E-state index in [2.05, 4.69) is 10.3 Å². The van der Waals surface area contributed by atoms with Crippen molar-refractivity contribution in [3.8, 4) is 0 Å². The average molecular weight is 229 g/mol. The van der Waals surface area contributed by atoms with Crippen LogP contribution in [-0.4, -0.2) is 23.5 Å². The van der Waals surface area contributed by atoms with Gasteiger partial charge in [-0.2, -0.15) is 0 Å². The maximum Gasteiger partial charge on any atom is 0.252 e. The van der Waals surface area contributed by atoms with Gasteiger partial charge in [0.1, 0.15) is 0 Å². The fourth-order valence-corrected chi connectivity index (χ4v) is 2.56. The number of hydrogen-bond donors (Lipinski definition) is 3. The molecule has 1 unspecified atom stereocenters. The van der Waals surface area contributed by atoms with Gasteiger partial charge in [-0.05, 0) is 37.1 Å². The van der Waals surface area contributed by atoms with Crippen molar-refractivity contribution in [1.29, 1.82) is 0 Å². The van der Waals surface area contributed by atoms with Crippen molar-refractivity contribution in [1.82, 2.24) is 10.3 Å². The smallest absolute Gasteiger partial charge is 0.252 e. The Morgan fingerprint density at radius 3 is 3.12 bits per heavy atom. The number of nitrogens with two attached hydrogens (primary N) is 1. The molecule has 4 nitrogen and oxygen atoms in total. The number of aromatic nitrogens is 1. The highest BCUT2D eigenvalue weighted by Gasteiger charge is 2.23. The third-order valence-electron chi connectivity index (χ3n) is 3.35. The van der Waals surface area contributed by atoms with E-state index >= 15 is 0 Å². The van der Waals surface area contributed by atoms with Gasteiger partial charge in [-0.15, -0.1) is 0 Å². The van der Waals surface area contributed by atoms with E-state index in [1.54, 1.807) is 0 Å². The number of carbonyl (C=O) groups is 1. The molecule has 1 amide bonds. The first kappa shape index (κ1) is 10.4. The Hall–Kier alpha value is -1.81. The van der Waals surface area contributed by atoms with Crippen molar-refractivity contribution in [3.63, 3.8) is 0 Å². The molecule has 0 saturated carbocycles. The van der Waals surface area contributed by atoms with E-state index in [9.17, 15) is 4.79 Å². The summed E-state index contributed by atoms with van der Waals surface area (Å²) in [5, 5.41) is 4.10. The van der Waals surface area contributed by atoms with Gasteiger partial charge >= 0.3 is 0 Å². The van der Waals surface area contributed by atoms with Crippen molar-refractivity contribution in [3.05, 3.63) is 35.5 Å². The molecule has 3 rings (SSSR count).